The van der Waals surface area contributed by atoms with Crippen LogP contribution in [0.3, 0.4) is 0 Å². The Labute approximate surface area is 139 Å². The van der Waals surface area contributed by atoms with Gasteiger partial charge in [0.25, 0.3) is 0 Å². The third-order valence-corrected chi connectivity index (χ3v) is 6.03. The maximum Gasteiger partial charge on any atom is 0.233 e. The summed E-state index contributed by atoms with van der Waals surface area (Å²) < 4.78 is 0.834. The van der Waals surface area contributed by atoms with Crippen LogP contribution < -0.4 is 5.73 Å². The van der Waals surface area contributed by atoms with E-state index >= 15 is 0 Å². The predicted octanol–water partition coefficient (Wildman–Crippen LogP) is 2.08. The highest BCUT2D eigenvalue weighted by Crippen LogP contribution is 2.28. The molecular formula is C15H23N3O2S2. The summed E-state index contributed by atoms with van der Waals surface area (Å²) in [6, 6.07) is 0. The van der Waals surface area contributed by atoms with Crippen molar-refractivity contribution < 1.29 is 9.59 Å². The third kappa shape index (κ3) is 4.71. The second kappa shape index (κ2) is 7.46. The lowest BCUT2D eigenvalue weighted by molar-refractivity contribution is -0.131. The highest BCUT2D eigenvalue weighted by Gasteiger charge is 2.25. The lowest BCUT2D eigenvalue weighted by Gasteiger charge is -2.34. The smallest absolute Gasteiger partial charge is 0.233 e. The molecule has 1 fully saturated rings. The number of rotatable bonds is 5. The van der Waals surface area contributed by atoms with Crippen LogP contribution in [-0.4, -0.2) is 40.5 Å². The van der Waals surface area contributed by atoms with Gasteiger partial charge in [-0.1, -0.05) is 25.6 Å². The number of likely N-dealkylation sites (tertiary alicyclic amines) is 1. The molecule has 2 heterocycles. The maximum absolute atomic E-state index is 12.3. The van der Waals surface area contributed by atoms with E-state index in [0.717, 1.165) is 28.0 Å². The van der Waals surface area contributed by atoms with E-state index in [0.29, 0.717) is 17.6 Å². The van der Waals surface area contributed by atoms with Gasteiger partial charge < -0.3 is 10.6 Å². The van der Waals surface area contributed by atoms with Crippen molar-refractivity contribution >= 4 is 34.9 Å². The van der Waals surface area contributed by atoms with Crippen LogP contribution in [-0.2, 0) is 16.0 Å². The minimum absolute atomic E-state index is 0.174. The number of amides is 2. The molecule has 0 aliphatic carbocycles. The largest absolute Gasteiger partial charge is 0.369 e. The fraction of sp³-hybridized carbons (Fsp3) is 0.667. The van der Waals surface area contributed by atoms with Crippen molar-refractivity contribution in [3.63, 3.8) is 0 Å². The zero-order valence-corrected chi connectivity index (χ0v) is 14.9. The predicted molar refractivity (Wildman–Crippen MR) is 90.0 cm³/mol. The molecule has 22 heavy (non-hydrogen) atoms. The number of aryl methyl sites for hydroxylation is 1. The van der Waals surface area contributed by atoms with Gasteiger partial charge in [0, 0.05) is 18.0 Å². The van der Waals surface area contributed by atoms with Gasteiger partial charge in [-0.2, -0.15) is 0 Å². The van der Waals surface area contributed by atoms with Crippen LogP contribution in [0.2, 0.25) is 0 Å². The van der Waals surface area contributed by atoms with Crippen molar-refractivity contribution in [1.29, 1.82) is 0 Å². The van der Waals surface area contributed by atoms with Gasteiger partial charge in [0.15, 0.2) is 4.34 Å². The second-order valence-corrected chi connectivity index (χ2v) is 8.47. The Bertz CT molecular complexity index is 549. The summed E-state index contributed by atoms with van der Waals surface area (Å²) in [6.07, 6.45) is 1.41. The van der Waals surface area contributed by atoms with Gasteiger partial charge in [-0.25, -0.2) is 4.98 Å². The van der Waals surface area contributed by atoms with Gasteiger partial charge in [-0.05, 0) is 25.2 Å². The molecule has 2 amide bonds. The van der Waals surface area contributed by atoms with Crippen LogP contribution in [0.15, 0.2) is 4.34 Å². The third-order valence-electron chi connectivity index (χ3n) is 3.75. The van der Waals surface area contributed by atoms with E-state index in [2.05, 4.69) is 18.8 Å². The average molecular weight is 342 g/mol. The van der Waals surface area contributed by atoms with Crippen LogP contribution in [0.4, 0.5) is 0 Å². The minimum atomic E-state index is -0.351. The number of hydrogen-bond donors (Lipinski definition) is 1. The van der Waals surface area contributed by atoms with Crippen LogP contribution in [0, 0.1) is 18.8 Å². The number of carbonyl (C=O) groups excluding carboxylic acids is 2. The Hall–Kier alpha value is -1.08. The molecule has 1 aromatic rings. The molecule has 122 valence electrons. The number of primary amides is 1. The topological polar surface area (TPSA) is 76.3 Å². The molecule has 2 unspecified atom stereocenters. The molecule has 7 heteroatoms. The molecule has 1 saturated heterocycles. The number of hydrogen-bond acceptors (Lipinski definition) is 5. The molecule has 1 aliphatic rings. The molecule has 0 aromatic carbocycles. The van der Waals surface area contributed by atoms with Gasteiger partial charge in [-0.15, -0.1) is 11.3 Å². The van der Waals surface area contributed by atoms with E-state index < -0.39 is 0 Å². The normalized spacial score (nSPS) is 21.9. The Balaban J connectivity index is 1.89. The van der Waals surface area contributed by atoms with Crippen molar-refractivity contribution in [2.45, 2.75) is 38.0 Å². The van der Waals surface area contributed by atoms with Crippen molar-refractivity contribution in [3.05, 3.63) is 10.6 Å². The molecule has 0 spiro atoms. The summed E-state index contributed by atoms with van der Waals surface area (Å²) in [6.45, 7) is 7.97. The first-order valence-electron chi connectivity index (χ1n) is 7.50. The van der Waals surface area contributed by atoms with Crippen LogP contribution >= 0.6 is 23.1 Å². The summed E-state index contributed by atoms with van der Waals surface area (Å²) >= 11 is 2.91. The summed E-state index contributed by atoms with van der Waals surface area (Å²) in [4.78, 5) is 30.6. The number of nitrogens with zero attached hydrogens (tertiary/aromatic N) is 2. The van der Waals surface area contributed by atoms with E-state index in [1.54, 1.807) is 0 Å². The molecule has 2 N–H and O–H groups in total. The van der Waals surface area contributed by atoms with E-state index in [9.17, 15) is 9.59 Å². The first-order chi connectivity index (χ1) is 10.3. The summed E-state index contributed by atoms with van der Waals surface area (Å²) in [5, 5.41) is 0. The minimum Gasteiger partial charge on any atom is -0.369 e. The number of aromatic nitrogens is 1. The van der Waals surface area contributed by atoms with E-state index in [1.165, 1.54) is 29.5 Å². The average Bonchev–Trinajstić information content (AvgIpc) is 2.74. The standard InChI is InChI=1S/C15H23N3O2S2/c1-9-4-10(2)7-18(6-9)14(20)8-21-15-17-11(3)12(22-15)5-13(16)19/h9-10H,4-8H2,1-3H3,(H2,16,19). The van der Waals surface area contributed by atoms with Gasteiger partial charge in [0.1, 0.15) is 0 Å². The highest BCUT2D eigenvalue weighted by atomic mass is 32.2. The van der Waals surface area contributed by atoms with Crippen molar-refractivity contribution in [3.8, 4) is 0 Å². The summed E-state index contributed by atoms with van der Waals surface area (Å²) in [7, 11) is 0. The number of piperidine rings is 1. The quantitative estimate of drug-likeness (QED) is 0.832. The van der Waals surface area contributed by atoms with Crippen molar-refractivity contribution in [1.82, 2.24) is 9.88 Å². The van der Waals surface area contributed by atoms with Gasteiger partial charge in [0.2, 0.25) is 11.8 Å². The molecule has 2 rings (SSSR count). The van der Waals surface area contributed by atoms with Gasteiger partial charge >= 0.3 is 0 Å². The number of thiazole rings is 1. The van der Waals surface area contributed by atoms with Crippen LogP contribution in [0.1, 0.15) is 30.8 Å². The molecule has 0 saturated carbocycles. The van der Waals surface area contributed by atoms with Crippen molar-refractivity contribution in [2.75, 3.05) is 18.8 Å². The molecule has 0 bridgehead atoms. The Morgan fingerprint density at radius 1 is 1.36 bits per heavy atom. The van der Waals surface area contributed by atoms with Crippen molar-refractivity contribution in [2.24, 2.45) is 17.6 Å². The maximum atomic E-state index is 12.3. The van der Waals surface area contributed by atoms with Crippen LogP contribution in [0.5, 0.6) is 0 Å². The van der Waals surface area contributed by atoms with E-state index in [-0.39, 0.29) is 18.2 Å². The Kier molecular flexibility index (Phi) is 5.86. The first kappa shape index (κ1) is 17.3. The fourth-order valence-electron chi connectivity index (χ4n) is 2.87. The molecule has 2 atom stereocenters. The SMILES string of the molecule is Cc1nc(SCC(=O)N2CC(C)CC(C)C2)sc1CC(N)=O. The number of carbonyl (C=O) groups is 2. The molecular weight excluding hydrogens is 318 g/mol. The van der Waals surface area contributed by atoms with Gasteiger partial charge in [0.05, 0.1) is 17.9 Å². The lowest BCUT2D eigenvalue weighted by Crippen LogP contribution is -2.43. The van der Waals surface area contributed by atoms with Gasteiger partial charge in [-0.3, -0.25) is 9.59 Å². The zero-order chi connectivity index (χ0) is 16.3. The van der Waals surface area contributed by atoms with Crippen LogP contribution in [0.25, 0.3) is 0 Å². The number of thioether (sulfide) groups is 1. The Morgan fingerprint density at radius 3 is 2.59 bits per heavy atom. The van der Waals surface area contributed by atoms with E-state index in [1.807, 2.05) is 11.8 Å². The Morgan fingerprint density at radius 2 is 2.00 bits per heavy atom. The number of nitrogens with two attached hydrogens (primary N) is 1. The molecule has 1 aliphatic heterocycles. The fourth-order valence-corrected chi connectivity index (χ4v) is 5.01. The molecule has 0 radical (unpaired) electrons. The van der Waals surface area contributed by atoms with E-state index in [4.69, 9.17) is 5.73 Å². The zero-order valence-electron chi connectivity index (χ0n) is 13.3. The second-order valence-electron chi connectivity index (χ2n) is 6.16. The summed E-state index contributed by atoms with van der Waals surface area (Å²) in [5.74, 6) is 1.37. The molecule has 1 aromatic heterocycles. The summed E-state index contributed by atoms with van der Waals surface area (Å²) in [5.41, 5.74) is 6.05. The molecule has 5 nitrogen and oxygen atoms in total. The lowest BCUT2D eigenvalue weighted by atomic mass is 9.92. The highest BCUT2D eigenvalue weighted by molar-refractivity contribution is 8.01. The monoisotopic (exact) mass is 341 g/mol. The first-order valence-corrected chi connectivity index (χ1v) is 9.30.